The highest BCUT2D eigenvalue weighted by atomic mass is 35.5. The van der Waals surface area contributed by atoms with E-state index in [1.165, 1.54) is 0 Å². The topological polar surface area (TPSA) is 37.6 Å². The lowest BCUT2D eigenvalue weighted by molar-refractivity contribution is 0.591. The molecule has 0 radical (unpaired) electrons. The Bertz CT molecular complexity index is 1110. The number of pyridine rings is 1. The molecule has 0 saturated heterocycles. The maximum atomic E-state index is 6.45. The standard InChI is InChI=1S/C29H33Cl2N3/c1-28(2,3)22-12-8-14-24(30)26(22)32-18-16-20-10-7-11-21(34-20)17-19-33-27-23(29(4,5)6)13-9-15-25(27)31/h7-15,18-19H,16-17H2,1-6H3. The van der Waals surface area contributed by atoms with E-state index in [1.807, 2.05) is 54.9 Å². The fraction of sp³-hybridized carbons (Fsp3) is 0.345. The third-order valence-corrected chi connectivity index (χ3v) is 6.11. The molecular formula is C29H33Cl2N3. The van der Waals surface area contributed by atoms with Crippen molar-refractivity contribution in [3.8, 4) is 0 Å². The van der Waals surface area contributed by atoms with Crippen molar-refractivity contribution < 1.29 is 0 Å². The number of aromatic nitrogens is 1. The van der Waals surface area contributed by atoms with Crippen LogP contribution in [0.15, 0.2) is 64.6 Å². The van der Waals surface area contributed by atoms with Crippen molar-refractivity contribution in [1.82, 2.24) is 4.98 Å². The molecule has 0 bridgehead atoms. The zero-order chi connectivity index (χ0) is 24.9. The maximum Gasteiger partial charge on any atom is 0.0849 e. The summed E-state index contributed by atoms with van der Waals surface area (Å²) in [6, 6.07) is 17.9. The molecular weight excluding hydrogens is 461 g/mol. The molecule has 0 N–H and O–H groups in total. The predicted octanol–water partition coefficient (Wildman–Crippen LogP) is 8.87. The molecule has 0 atom stereocenters. The summed E-state index contributed by atoms with van der Waals surface area (Å²) >= 11 is 12.9. The van der Waals surface area contributed by atoms with E-state index in [-0.39, 0.29) is 10.8 Å². The van der Waals surface area contributed by atoms with Gasteiger partial charge in [-0.2, -0.15) is 0 Å². The second-order valence-corrected chi connectivity index (χ2v) is 11.2. The van der Waals surface area contributed by atoms with Gasteiger partial charge in [0, 0.05) is 36.7 Å². The first-order chi connectivity index (χ1) is 16.0. The third-order valence-electron chi connectivity index (χ3n) is 5.50. The van der Waals surface area contributed by atoms with Crippen molar-refractivity contribution >= 4 is 47.0 Å². The van der Waals surface area contributed by atoms with Crippen LogP contribution in [0.1, 0.15) is 64.1 Å². The molecule has 0 amide bonds. The third kappa shape index (κ3) is 6.77. The lowest BCUT2D eigenvalue weighted by Crippen LogP contribution is -2.11. The minimum absolute atomic E-state index is 0.0381. The molecule has 0 aliphatic carbocycles. The van der Waals surface area contributed by atoms with Crippen molar-refractivity contribution in [2.24, 2.45) is 9.98 Å². The average Bonchev–Trinajstić information content (AvgIpc) is 2.75. The van der Waals surface area contributed by atoms with E-state index < -0.39 is 0 Å². The van der Waals surface area contributed by atoms with Crippen LogP contribution in [0, 0.1) is 0 Å². The summed E-state index contributed by atoms with van der Waals surface area (Å²) in [5.41, 5.74) is 5.74. The number of rotatable bonds is 6. The highest BCUT2D eigenvalue weighted by Gasteiger charge is 2.20. The van der Waals surface area contributed by atoms with Crippen LogP contribution in [0.5, 0.6) is 0 Å². The second kappa shape index (κ2) is 10.8. The molecule has 0 unspecified atom stereocenters. The molecule has 3 nitrogen and oxygen atoms in total. The molecule has 3 aromatic rings. The predicted molar refractivity (Wildman–Crippen MR) is 148 cm³/mol. The number of halogens is 2. The molecule has 178 valence electrons. The lowest BCUT2D eigenvalue weighted by atomic mass is 9.86. The van der Waals surface area contributed by atoms with E-state index in [4.69, 9.17) is 38.2 Å². The smallest absolute Gasteiger partial charge is 0.0849 e. The number of aliphatic imine (C=N–C) groups is 2. The number of benzene rings is 2. The van der Waals surface area contributed by atoms with Crippen molar-refractivity contribution in [1.29, 1.82) is 0 Å². The van der Waals surface area contributed by atoms with Crippen LogP contribution in [0.25, 0.3) is 0 Å². The van der Waals surface area contributed by atoms with Gasteiger partial charge in [0.1, 0.15) is 0 Å². The van der Waals surface area contributed by atoms with E-state index in [2.05, 4.69) is 53.7 Å². The monoisotopic (exact) mass is 493 g/mol. The van der Waals surface area contributed by atoms with Gasteiger partial charge in [-0.25, -0.2) is 0 Å². The van der Waals surface area contributed by atoms with Crippen molar-refractivity contribution in [2.45, 2.75) is 65.2 Å². The lowest BCUT2D eigenvalue weighted by Gasteiger charge is -2.21. The molecule has 5 heteroatoms. The summed E-state index contributed by atoms with van der Waals surface area (Å²) in [5, 5.41) is 1.33. The summed E-state index contributed by atoms with van der Waals surface area (Å²) in [5.74, 6) is 0. The van der Waals surface area contributed by atoms with Crippen molar-refractivity contribution in [3.05, 3.63) is 87.2 Å². The SMILES string of the molecule is CC(C)(C)c1cccc(Cl)c1N=CCc1cccc(CC=Nc2c(Cl)cccc2C(C)(C)C)n1. The summed E-state index contributed by atoms with van der Waals surface area (Å²) in [6.45, 7) is 13.0. The van der Waals surface area contributed by atoms with Gasteiger partial charge in [0.15, 0.2) is 0 Å². The molecule has 1 aromatic heterocycles. The first-order valence-corrected chi connectivity index (χ1v) is 12.3. The number of hydrogen-bond acceptors (Lipinski definition) is 3. The van der Waals surface area contributed by atoms with Gasteiger partial charge in [-0.15, -0.1) is 0 Å². The Labute approximate surface area is 214 Å². The van der Waals surface area contributed by atoms with Crippen LogP contribution in [0.4, 0.5) is 11.4 Å². The van der Waals surface area contributed by atoms with E-state index >= 15 is 0 Å². The molecule has 0 aliphatic rings. The fourth-order valence-electron chi connectivity index (χ4n) is 3.72. The first kappa shape index (κ1) is 26.1. The van der Waals surface area contributed by atoms with Gasteiger partial charge in [-0.1, -0.05) is 95.1 Å². The van der Waals surface area contributed by atoms with Crippen molar-refractivity contribution in [3.63, 3.8) is 0 Å². The fourth-order valence-corrected chi connectivity index (χ4v) is 4.17. The molecule has 1 heterocycles. The molecule has 0 saturated carbocycles. The van der Waals surface area contributed by atoms with Gasteiger partial charge in [-0.05, 0) is 46.2 Å². The summed E-state index contributed by atoms with van der Waals surface area (Å²) in [6.07, 6.45) is 5.02. The highest BCUT2D eigenvalue weighted by Crippen LogP contribution is 2.37. The zero-order valence-electron chi connectivity index (χ0n) is 20.9. The Morgan fingerprint density at radius 2 is 1.03 bits per heavy atom. The Morgan fingerprint density at radius 1 is 0.647 bits per heavy atom. The van der Waals surface area contributed by atoms with Crippen LogP contribution in [-0.2, 0) is 23.7 Å². The van der Waals surface area contributed by atoms with Crippen LogP contribution >= 0.6 is 23.2 Å². The molecule has 0 spiro atoms. The van der Waals surface area contributed by atoms with Crippen LogP contribution in [0.3, 0.4) is 0 Å². The Hall–Kier alpha value is -2.49. The van der Waals surface area contributed by atoms with Crippen LogP contribution < -0.4 is 0 Å². The highest BCUT2D eigenvalue weighted by molar-refractivity contribution is 6.33. The van der Waals surface area contributed by atoms with E-state index in [0.717, 1.165) is 33.9 Å². The number of para-hydroxylation sites is 2. The average molecular weight is 495 g/mol. The molecule has 0 fully saturated rings. The summed E-state index contributed by atoms with van der Waals surface area (Å²) in [4.78, 5) is 14.2. The van der Waals surface area contributed by atoms with Gasteiger partial charge in [-0.3, -0.25) is 15.0 Å². The van der Waals surface area contributed by atoms with Gasteiger partial charge in [0.2, 0.25) is 0 Å². The quantitative estimate of drug-likeness (QED) is 0.315. The van der Waals surface area contributed by atoms with Crippen LogP contribution in [0.2, 0.25) is 10.0 Å². The van der Waals surface area contributed by atoms with Gasteiger partial charge >= 0.3 is 0 Å². The van der Waals surface area contributed by atoms with E-state index in [0.29, 0.717) is 22.9 Å². The Kier molecular flexibility index (Phi) is 8.33. The normalized spacial score (nSPS) is 12.7. The molecule has 34 heavy (non-hydrogen) atoms. The van der Waals surface area contributed by atoms with E-state index in [9.17, 15) is 0 Å². The Morgan fingerprint density at radius 3 is 1.41 bits per heavy atom. The molecule has 0 aliphatic heterocycles. The van der Waals surface area contributed by atoms with E-state index in [1.54, 1.807) is 0 Å². The largest absolute Gasteiger partial charge is 0.259 e. The van der Waals surface area contributed by atoms with Gasteiger partial charge in [0.05, 0.1) is 21.4 Å². The minimum Gasteiger partial charge on any atom is -0.259 e. The van der Waals surface area contributed by atoms with Crippen molar-refractivity contribution in [2.75, 3.05) is 0 Å². The summed E-state index contributed by atoms with van der Waals surface area (Å²) < 4.78 is 0. The zero-order valence-corrected chi connectivity index (χ0v) is 22.4. The molecule has 3 rings (SSSR count). The second-order valence-electron chi connectivity index (χ2n) is 10.4. The first-order valence-electron chi connectivity index (χ1n) is 11.5. The minimum atomic E-state index is -0.0381. The van der Waals surface area contributed by atoms with Crippen LogP contribution in [-0.4, -0.2) is 17.4 Å². The molecule has 2 aromatic carbocycles. The number of nitrogens with zero attached hydrogens (tertiary/aromatic N) is 3. The summed E-state index contributed by atoms with van der Waals surface area (Å²) in [7, 11) is 0. The van der Waals surface area contributed by atoms with Gasteiger partial charge < -0.3 is 0 Å². The van der Waals surface area contributed by atoms with Gasteiger partial charge in [0.25, 0.3) is 0 Å². The number of hydrogen-bond donors (Lipinski definition) is 0. The maximum absolute atomic E-state index is 6.45. The Balaban J connectivity index is 1.73.